The van der Waals surface area contributed by atoms with E-state index in [2.05, 4.69) is 4.98 Å². The average molecular weight is 193 g/mol. The monoisotopic (exact) mass is 193 g/mol. The molecule has 0 fully saturated rings. The number of aromatic hydroxyl groups is 1. The zero-order chi connectivity index (χ0) is 10.3. The molecule has 0 saturated heterocycles. The first-order valence-electron chi connectivity index (χ1n) is 3.84. The van der Waals surface area contributed by atoms with Gasteiger partial charge >= 0.3 is 5.69 Å². The van der Waals surface area contributed by atoms with Gasteiger partial charge in [0.2, 0.25) is 0 Å². The number of H-pyrrole nitrogens is 1. The van der Waals surface area contributed by atoms with E-state index in [1.165, 1.54) is 18.2 Å². The van der Waals surface area contributed by atoms with Crippen LogP contribution in [0.15, 0.2) is 18.2 Å². The van der Waals surface area contributed by atoms with Crippen molar-refractivity contribution >= 4 is 22.4 Å². The summed E-state index contributed by atoms with van der Waals surface area (Å²) in [6.45, 7) is 0. The third-order valence-electron chi connectivity index (χ3n) is 1.97. The highest BCUT2D eigenvalue weighted by Gasteiger charge is 2.19. The highest BCUT2D eigenvalue weighted by Crippen LogP contribution is 2.33. The average Bonchev–Trinajstić information content (AvgIpc) is 2.40. The van der Waals surface area contributed by atoms with E-state index in [0.717, 1.165) is 0 Å². The molecule has 6 nitrogen and oxygen atoms in total. The van der Waals surface area contributed by atoms with E-state index in [-0.39, 0.29) is 17.3 Å². The molecular weight excluding hydrogens is 186 g/mol. The van der Waals surface area contributed by atoms with Crippen LogP contribution in [0.4, 0.5) is 11.5 Å². The second-order valence-electron chi connectivity index (χ2n) is 2.87. The fourth-order valence-electron chi connectivity index (χ4n) is 1.38. The van der Waals surface area contributed by atoms with Crippen LogP contribution in [-0.4, -0.2) is 15.0 Å². The quantitative estimate of drug-likeness (QED) is 0.469. The van der Waals surface area contributed by atoms with Gasteiger partial charge in [-0.15, -0.1) is 0 Å². The largest absolute Gasteiger partial charge is 0.508 e. The normalized spacial score (nSPS) is 10.6. The third kappa shape index (κ3) is 1.05. The molecule has 1 aromatic heterocycles. The van der Waals surface area contributed by atoms with Crippen LogP contribution in [0, 0.1) is 10.1 Å². The van der Waals surface area contributed by atoms with E-state index < -0.39 is 4.92 Å². The zero-order valence-corrected chi connectivity index (χ0v) is 7.02. The number of phenolic OH excluding ortho intramolecular Hbond substituents is 1. The van der Waals surface area contributed by atoms with Gasteiger partial charge in [0.25, 0.3) is 0 Å². The van der Waals surface area contributed by atoms with E-state index in [4.69, 9.17) is 10.8 Å². The molecule has 0 bridgehead atoms. The molecule has 14 heavy (non-hydrogen) atoms. The number of anilines is 1. The van der Waals surface area contributed by atoms with Gasteiger partial charge in [0.05, 0.1) is 15.8 Å². The predicted octanol–water partition coefficient (Wildman–Crippen LogP) is 1.36. The summed E-state index contributed by atoms with van der Waals surface area (Å²) in [7, 11) is 0. The molecule has 6 heteroatoms. The first-order valence-corrected chi connectivity index (χ1v) is 3.84. The highest BCUT2D eigenvalue weighted by atomic mass is 16.6. The molecule has 2 aromatic rings. The van der Waals surface area contributed by atoms with Crippen molar-refractivity contribution in [2.24, 2.45) is 0 Å². The Kier molecular flexibility index (Phi) is 1.57. The number of hydrogen-bond acceptors (Lipinski definition) is 4. The lowest BCUT2D eigenvalue weighted by Crippen LogP contribution is -1.92. The van der Waals surface area contributed by atoms with Crippen molar-refractivity contribution in [2.75, 3.05) is 5.73 Å². The number of rotatable bonds is 1. The lowest BCUT2D eigenvalue weighted by Gasteiger charge is -1.91. The van der Waals surface area contributed by atoms with Gasteiger partial charge in [0, 0.05) is 0 Å². The summed E-state index contributed by atoms with van der Waals surface area (Å²) in [6.07, 6.45) is 0. The van der Waals surface area contributed by atoms with E-state index in [0.29, 0.717) is 10.9 Å². The van der Waals surface area contributed by atoms with Crippen LogP contribution in [-0.2, 0) is 0 Å². The lowest BCUT2D eigenvalue weighted by atomic mass is 10.2. The Labute approximate surface area is 78.1 Å². The SMILES string of the molecule is Nc1[nH]c2ccc(O)cc2c1[N+](=O)[O-]. The highest BCUT2D eigenvalue weighted by molar-refractivity contribution is 5.95. The third-order valence-corrected chi connectivity index (χ3v) is 1.97. The van der Waals surface area contributed by atoms with Gasteiger partial charge in [-0.1, -0.05) is 0 Å². The van der Waals surface area contributed by atoms with Crippen molar-refractivity contribution in [1.29, 1.82) is 0 Å². The van der Waals surface area contributed by atoms with Gasteiger partial charge in [-0.3, -0.25) is 10.1 Å². The number of nitrogens with zero attached hydrogens (tertiary/aromatic N) is 1. The molecule has 1 heterocycles. The maximum Gasteiger partial charge on any atom is 0.318 e. The van der Waals surface area contributed by atoms with E-state index in [1.54, 1.807) is 0 Å². The Morgan fingerprint density at radius 3 is 2.86 bits per heavy atom. The van der Waals surface area contributed by atoms with Crippen LogP contribution in [0.2, 0.25) is 0 Å². The van der Waals surface area contributed by atoms with Crippen molar-refractivity contribution in [1.82, 2.24) is 4.98 Å². The van der Waals surface area contributed by atoms with E-state index in [9.17, 15) is 10.1 Å². The van der Waals surface area contributed by atoms with Crippen molar-refractivity contribution < 1.29 is 10.0 Å². The molecule has 0 radical (unpaired) electrons. The smallest absolute Gasteiger partial charge is 0.318 e. The van der Waals surface area contributed by atoms with Crippen molar-refractivity contribution in [2.45, 2.75) is 0 Å². The summed E-state index contributed by atoms with van der Waals surface area (Å²) in [4.78, 5) is 12.7. The minimum atomic E-state index is -0.576. The van der Waals surface area contributed by atoms with Crippen LogP contribution >= 0.6 is 0 Å². The fraction of sp³-hybridized carbons (Fsp3) is 0. The predicted molar refractivity (Wildman–Crippen MR) is 51.0 cm³/mol. The maximum absolute atomic E-state index is 10.6. The number of hydrogen-bond donors (Lipinski definition) is 3. The summed E-state index contributed by atoms with van der Waals surface area (Å²) in [6, 6.07) is 4.27. The summed E-state index contributed by atoms with van der Waals surface area (Å²) in [5.41, 5.74) is 5.76. The Morgan fingerprint density at radius 2 is 2.21 bits per heavy atom. The van der Waals surface area contributed by atoms with E-state index in [1.807, 2.05) is 0 Å². The van der Waals surface area contributed by atoms with Crippen molar-refractivity contribution in [3.8, 4) is 5.75 Å². The number of benzene rings is 1. The minimum absolute atomic E-state index is 0.00407. The molecule has 0 aliphatic heterocycles. The Balaban J connectivity index is 2.86. The number of nitrogens with one attached hydrogen (secondary N) is 1. The summed E-state index contributed by atoms with van der Waals surface area (Å²) >= 11 is 0. The van der Waals surface area contributed by atoms with Gasteiger partial charge in [0.1, 0.15) is 5.75 Å². The molecule has 0 atom stereocenters. The zero-order valence-electron chi connectivity index (χ0n) is 7.02. The summed E-state index contributed by atoms with van der Waals surface area (Å²) in [5, 5.41) is 20.1. The summed E-state index contributed by atoms with van der Waals surface area (Å²) in [5.74, 6) is -0.0322. The first kappa shape index (κ1) is 8.36. The van der Waals surface area contributed by atoms with Gasteiger partial charge in [-0.2, -0.15) is 0 Å². The van der Waals surface area contributed by atoms with Crippen LogP contribution in [0.1, 0.15) is 0 Å². The molecule has 0 amide bonds. The molecule has 0 unspecified atom stereocenters. The van der Waals surface area contributed by atoms with Crippen LogP contribution in [0.5, 0.6) is 5.75 Å². The van der Waals surface area contributed by atoms with Crippen LogP contribution in [0.3, 0.4) is 0 Å². The number of nitro groups is 1. The standard InChI is InChI=1S/C8H7N3O3/c9-8-7(11(13)14)5-3-4(12)1-2-6(5)10-8/h1-3,10,12H,9H2. The molecular formula is C8H7N3O3. The molecule has 0 spiro atoms. The van der Waals surface area contributed by atoms with Gasteiger partial charge in [-0.25, -0.2) is 0 Å². The summed E-state index contributed by atoms with van der Waals surface area (Å²) < 4.78 is 0. The number of aromatic nitrogens is 1. The molecule has 72 valence electrons. The Bertz CT molecular complexity index is 518. The maximum atomic E-state index is 10.6. The van der Waals surface area contributed by atoms with Gasteiger partial charge < -0.3 is 15.8 Å². The number of phenols is 1. The molecule has 4 N–H and O–H groups in total. The Hall–Kier alpha value is -2.24. The first-order chi connectivity index (χ1) is 6.59. The topological polar surface area (TPSA) is 105 Å². The molecule has 0 aliphatic rings. The van der Waals surface area contributed by atoms with Gasteiger partial charge in [-0.05, 0) is 18.2 Å². The number of aromatic amines is 1. The van der Waals surface area contributed by atoms with Gasteiger partial charge in [0.15, 0.2) is 5.82 Å². The van der Waals surface area contributed by atoms with Crippen molar-refractivity contribution in [3.63, 3.8) is 0 Å². The molecule has 0 saturated carbocycles. The van der Waals surface area contributed by atoms with E-state index >= 15 is 0 Å². The second kappa shape index (κ2) is 2.63. The molecule has 1 aromatic carbocycles. The fourth-order valence-corrected chi connectivity index (χ4v) is 1.38. The van der Waals surface area contributed by atoms with Crippen LogP contribution < -0.4 is 5.73 Å². The Morgan fingerprint density at radius 1 is 1.50 bits per heavy atom. The number of nitrogen functional groups attached to an aromatic ring is 1. The lowest BCUT2D eigenvalue weighted by molar-refractivity contribution is -0.382. The molecule has 2 rings (SSSR count). The number of nitrogens with two attached hydrogens (primary N) is 1. The number of fused-ring (bicyclic) bond motifs is 1. The van der Waals surface area contributed by atoms with Crippen LogP contribution in [0.25, 0.3) is 10.9 Å². The minimum Gasteiger partial charge on any atom is -0.508 e. The second-order valence-corrected chi connectivity index (χ2v) is 2.87. The van der Waals surface area contributed by atoms with Crippen molar-refractivity contribution in [3.05, 3.63) is 28.3 Å². The molecule has 0 aliphatic carbocycles.